The van der Waals surface area contributed by atoms with E-state index in [1.54, 1.807) is 6.07 Å². The highest BCUT2D eigenvalue weighted by Crippen LogP contribution is 2.29. The molecule has 2 rings (SSSR count). The standard InChI is InChI=1S/C11H11NO3S/c1-3-7-9(11(13)14)16-10(12-7)8-5-4-6(2)15-8/h4-5H,3H2,1-2H3,(H,13,14). The molecule has 0 spiro atoms. The monoisotopic (exact) mass is 237 g/mol. The van der Waals surface area contributed by atoms with Crippen LogP contribution in [0.15, 0.2) is 16.5 Å². The average molecular weight is 237 g/mol. The molecule has 84 valence electrons. The van der Waals surface area contributed by atoms with Gasteiger partial charge in [0.2, 0.25) is 0 Å². The van der Waals surface area contributed by atoms with E-state index in [0.29, 0.717) is 27.8 Å². The summed E-state index contributed by atoms with van der Waals surface area (Å²) in [7, 11) is 0. The maximum Gasteiger partial charge on any atom is 0.347 e. The van der Waals surface area contributed by atoms with Gasteiger partial charge in [-0.3, -0.25) is 0 Å². The number of nitrogens with zero attached hydrogens (tertiary/aromatic N) is 1. The van der Waals surface area contributed by atoms with Crippen LogP contribution in [0.25, 0.3) is 10.8 Å². The summed E-state index contributed by atoms with van der Waals surface area (Å²) in [6.07, 6.45) is 0.609. The number of aromatic nitrogens is 1. The maximum atomic E-state index is 11.0. The summed E-state index contributed by atoms with van der Waals surface area (Å²) in [6, 6.07) is 3.64. The number of carboxylic acid groups (broad SMARTS) is 1. The Morgan fingerprint density at radius 2 is 2.31 bits per heavy atom. The van der Waals surface area contributed by atoms with Crippen molar-refractivity contribution >= 4 is 17.3 Å². The fraction of sp³-hybridized carbons (Fsp3) is 0.273. The van der Waals surface area contributed by atoms with Crippen LogP contribution in [0.2, 0.25) is 0 Å². The predicted octanol–water partition coefficient (Wildman–Crippen LogP) is 2.97. The van der Waals surface area contributed by atoms with Gasteiger partial charge in [0.1, 0.15) is 10.6 Å². The van der Waals surface area contributed by atoms with Gasteiger partial charge in [0.05, 0.1) is 5.69 Å². The van der Waals surface area contributed by atoms with Crippen LogP contribution in [0.4, 0.5) is 0 Å². The molecular formula is C11H11NO3S. The highest BCUT2D eigenvalue weighted by molar-refractivity contribution is 7.16. The van der Waals surface area contributed by atoms with Crippen LogP contribution in [-0.2, 0) is 6.42 Å². The van der Waals surface area contributed by atoms with Crippen molar-refractivity contribution < 1.29 is 14.3 Å². The van der Waals surface area contributed by atoms with Crippen LogP contribution in [0, 0.1) is 6.92 Å². The Bertz CT molecular complexity index is 527. The lowest BCUT2D eigenvalue weighted by Crippen LogP contribution is -1.97. The Kier molecular flexibility index (Phi) is 2.78. The maximum absolute atomic E-state index is 11.0. The fourth-order valence-corrected chi connectivity index (χ4v) is 2.37. The van der Waals surface area contributed by atoms with Crippen molar-refractivity contribution in [3.05, 3.63) is 28.5 Å². The van der Waals surface area contributed by atoms with E-state index in [9.17, 15) is 4.79 Å². The third-order valence-electron chi connectivity index (χ3n) is 2.18. The number of aromatic carboxylic acids is 1. The second-order valence-corrected chi connectivity index (χ2v) is 4.36. The van der Waals surface area contributed by atoms with Crippen molar-refractivity contribution in [1.82, 2.24) is 4.98 Å². The van der Waals surface area contributed by atoms with Gasteiger partial charge in [0, 0.05) is 0 Å². The predicted molar refractivity (Wildman–Crippen MR) is 60.9 cm³/mol. The molecule has 0 aliphatic heterocycles. The Morgan fingerprint density at radius 3 is 2.75 bits per heavy atom. The summed E-state index contributed by atoms with van der Waals surface area (Å²) in [5, 5.41) is 9.63. The molecule has 0 aromatic carbocycles. The zero-order valence-electron chi connectivity index (χ0n) is 8.98. The first-order valence-corrected chi connectivity index (χ1v) is 5.73. The van der Waals surface area contributed by atoms with E-state index in [2.05, 4.69) is 4.98 Å². The number of hydrogen-bond acceptors (Lipinski definition) is 4. The minimum Gasteiger partial charge on any atom is -0.477 e. The van der Waals surface area contributed by atoms with Crippen molar-refractivity contribution in [2.45, 2.75) is 20.3 Å². The van der Waals surface area contributed by atoms with E-state index < -0.39 is 5.97 Å². The first-order chi connectivity index (χ1) is 7.61. The molecule has 0 fully saturated rings. The number of carbonyl (C=O) groups is 1. The molecule has 0 atom stereocenters. The number of rotatable bonds is 3. The van der Waals surface area contributed by atoms with Crippen LogP contribution in [-0.4, -0.2) is 16.1 Å². The molecule has 2 heterocycles. The Labute approximate surface area is 96.6 Å². The van der Waals surface area contributed by atoms with Gasteiger partial charge in [-0.05, 0) is 25.5 Å². The molecule has 0 unspecified atom stereocenters. The lowest BCUT2D eigenvalue weighted by molar-refractivity contribution is 0.0701. The number of hydrogen-bond donors (Lipinski definition) is 1. The third kappa shape index (κ3) is 1.86. The van der Waals surface area contributed by atoms with Gasteiger partial charge < -0.3 is 9.52 Å². The van der Waals surface area contributed by atoms with Gasteiger partial charge in [0.15, 0.2) is 10.8 Å². The van der Waals surface area contributed by atoms with E-state index in [1.165, 1.54) is 0 Å². The summed E-state index contributed by atoms with van der Waals surface area (Å²) in [5.41, 5.74) is 0.613. The minimum atomic E-state index is -0.927. The summed E-state index contributed by atoms with van der Waals surface area (Å²) < 4.78 is 5.42. The lowest BCUT2D eigenvalue weighted by atomic mass is 10.3. The summed E-state index contributed by atoms with van der Waals surface area (Å²) in [6.45, 7) is 3.73. The SMILES string of the molecule is CCc1nc(-c2ccc(C)o2)sc1C(=O)O. The highest BCUT2D eigenvalue weighted by Gasteiger charge is 2.18. The average Bonchev–Trinajstić information content (AvgIpc) is 2.82. The number of thiazole rings is 1. The summed E-state index contributed by atoms with van der Waals surface area (Å²) in [4.78, 5) is 15.5. The van der Waals surface area contributed by atoms with Gasteiger partial charge >= 0.3 is 5.97 Å². The van der Waals surface area contributed by atoms with Crippen LogP contribution < -0.4 is 0 Å². The number of carboxylic acids is 1. The molecule has 2 aromatic heterocycles. The van der Waals surface area contributed by atoms with E-state index >= 15 is 0 Å². The fourth-order valence-electron chi connectivity index (χ4n) is 1.41. The molecular weight excluding hydrogens is 226 g/mol. The third-order valence-corrected chi connectivity index (χ3v) is 3.28. The zero-order chi connectivity index (χ0) is 11.7. The quantitative estimate of drug-likeness (QED) is 0.891. The van der Waals surface area contributed by atoms with E-state index in [4.69, 9.17) is 9.52 Å². The first kappa shape index (κ1) is 10.9. The first-order valence-electron chi connectivity index (χ1n) is 4.91. The van der Waals surface area contributed by atoms with Crippen molar-refractivity contribution in [3.8, 4) is 10.8 Å². The van der Waals surface area contributed by atoms with Gasteiger partial charge in [-0.15, -0.1) is 11.3 Å². The Balaban J connectivity index is 2.47. The number of furan rings is 1. The molecule has 0 aliphatic carbocycles. The molecule has 2 aromatic rings. The van der Waals surface area contributed by atoms with Crippen LogP contribution in [0.5, 0.6) is 0 Å². The molecule has 16 heavy (non-hydrogen) atoms. The van der Waals surface area contributed by atoms with Gasteiger partial charge in [0.25, 0.3) is 0 Å². The zero-order valence-corrected chi connectivity index (χ0v) is 9.80. The van der Waals surface area contributed by atoms with Crippen molar-refractivity contribution in [2.24, 2.45) is 0 Å². The molecule has 0 saturated heterocycles. The van der Waals surface area contributed by atoms with Gasteiger partial charge in [-0.25, -0.2) is 9.78 Å². The van der Waals surface area contributed by atoms with Crippen LogP contribution in [0.1, 0.15) is 28.0 Å². The molecule has 0 amide bonds. The van der Waals surface area contributed by atoms with Crippen LogP contribution in [0.3, 0.4) is 0 Å². The Morgan fingerprint density at radius 1 is 1.56 bits per heavy atom. The van der Waals surface area contributed by atoms with E-state index in [0.717, 1.165) is 17.1 Å². The molecule has 0 aliphatic rings. The molecule has 0 radical (unpaired) electrons. The van der Waals surface area contributed by atoms with E-state index in [1.807, 2.05) is 19.9 Å². The van der Waals surface area contributed by atoms with E-state index in [-0.39, 0.29) is 0 Å². The van der Waals surface area contributed by atoms with Gasteiger partial charge in [-0.2, -0.15) is 0 Å². The summed E-state index contributed by atoms with van der Waals surface area (Å²) in [5.74, 6) is 0.494. The molecule has 1 N–H and O–H groups in total. The summed E-state index contributed by atoms with van der Waals surface area (Å²) >= 11 is 1.15. The minimum absolute atomic E-state index is 0.298. The molecule has 0 bridgehead atoms. The lowest BCUT2D eigenvalue weighted by Gasteiger charge is -1.89. The van der Waals surface area contributed by atoms with Crippen molar-refractivity contribution in [1.29, 1.82) is 0 Å². The molecule has 4 nitrogen and oxygen atoms in total. The molecule has 0 saturated carbocycles. The smallest absolute Gasteiger partial charge is 0.347 e. The second-order valence-electron chi connectivity index (χ2n) is 3.36. The van der Waals surface area contributed by atoms with Crippen molar-refractivity contribution in [2.75, 3.05) is 0 Å². The normalized spacial score (nSPS) is 10.6. The van der Waals surface area contributed by atoms with Gasteiger partial charge in [-0.1, -0.05) is 6.92 Å². The Hall–Kier alpha value is -1.62. The second kappa shape index (κ2) is 4.09. The van der Waals surface area contributed by atoms with Crippen LogP contribution >= 0.6 is 11.3 Å². The highest BCUT2D eigenvalue weighted by atomic mass is 32.1. The number of aryl methyl sites for hydroxylation is 2. The van der Waals surface area contributed by atoms with Crippen molar-refractivity contribution in [3.63, 3.8) is 0 Å². The largest absolute Gasteiger partial charge is 0.477 e. The molecule has 5 heteroatoms. The topological polar surface area (TPSA) is 63.3 Å².